The van der Waals surface area contributed by atoms with Gasteiger partial charge in [0.25, 0.3) is 0 Å². The predicted octanol–water partition coefficient (Wildman–Crippen LogP) is 4.36. The lowest BCUT2D eigenvalue weighted by Crippen LogP contribution is -2.41. The van der Waals surface area contributed by atoms with Crippen molar-refractivity contribution in [2.24, 2.45) is 0 Å². The summed E-state index contributed by atoms with van der Waals surface area (Å²) in [5, 5.41) is 15.7. The van der Waals surface area contributed by atoms with Crippen LogP contribution >= 0.6 is 0 Å². The van der Waals surface area contributed by atoms with E-state index in [1.165, 1.54) is 0 Å². The number of fused-ring (bicyclic) bond motifs is 2. The molecule has 0 aliphatic heterocycles. The lowest BCUT2D eigenvalue weighted by molar-refractivity contribution is -0.308. The molecule has 7 nitrogen and oxygen atoms in total. The molecule has 0 aliphatic carbocycles. The molecule has 0 bridgehead atoms. The summed E-state index contributed by atoms with van der Waals surface area (Å²) in [7, 11) is 0. The molecule has 1 amide bonds. The number of carboxylic acid groups (broad SMARTS) is 1. The van der Waals surface area contributed by atoms with E-state index in [1.807, 2.05) is 50.2 Å². The Bertz CT molecular complexity index is 1680. The Morgan fingerprint density at radius 2 is 1.54 bits per heavy atom. The zero-order chi connectivity index (χ0) is 26.1. The molecule has 1 N–H and O–H groups in total. The molecule has 0 unspecified atom stereocenters. The number of carbonyl (C=O) groups excluding carboxylic acids is 2. The van der Waals surface area contributed by atoms with E-state index in [2.05, 4.69) is 5.32 Å². The first-order chi connectivity index (χ1) is 17.8. The number of hydrogen-bond donors (Lipinski definition) is 1. The first-order valence-corrected chi connectivity index (χ1v) is 11.9. The van der Waals surface area contributed by atoms with Crippen molar-refractivity contribution in [1.82, 2.24) is 5.32 Å². The third-order valence-corrected chi connectivity index (χ3v) is 6.61. The highest BCUT2D eigenvalue weighted by Crippen LogP contribution is 2.37. The number of aryl methyl sites for hydroxylation is 2. The number of furan rings is 1. The second-order valence-corrected chi connectivity index (χ2v) is 8.97. The minimum Gasteiger partial charge on any atom is -0.548 e. The smallest absolute Gasteiger partial charge is 0.339 e. The minimum atomic E-state index is -1.41. The number of rotatable bonds is 7. The van der Waals surface area contributed by atoms with Gasteiger partial charge in [0.05, 0.1) is 12.0 Å². The summed E-state index contributed by atoms with van der Waals surface area (Å²) in [6, 6.07) is 20.6. The van der Waals surface area contributed by atoms with Gasteiger partial charge in [-0.2, -0.15) is 0 Å². The summed E-state index contributed by atoms with van der Waals surface area (Å²) < 4.78 is 11.6. The van der Waals surface area contributed by atoms with Crippen molar-refractivity contribution in [1.29, 1.82) is 0 Å². The molecule has 3 aromatic carbocycles. The van der Waals surface area contributed by atoms with Gasteiger partial charge in [0.1, 0.15) is 16.9 Å². The third kappa shape index (κ3) is 4.63. The molecular weight excluding hydrogens is 470 g/mol. The highest BCUT2D eigenvalue weighted by molar-refractivity contribution is 6.03. The Kier molecular flexibility index (Phi) is 6.36. The van der Waals surface area contributed by atoms with Crippen LogP contribution in [-0.2, 0) is 16.0 Å². The van der Waals surface area contributed by atoms with E-state index < -0.39 is 23.5 Å². The van der Waals surface area contributed by atoms with Gasteiger partial charge in [0.15, 0.2) is 0 Å². The van der Waals surface area contributed by atoms with Crippen LogP contribution in [0.25, 0.3) is 33.1 Å². The fraction of sp³-hybridized carbons (Fsp3) is 0.167. The fourth-order valence-electron chi connectivity index (χ4n) is 4.75. The van der Waals surface area contributed by atoms with Crippen LogP contribution < -0.4 is 16.0 Å². The van der Waals surface area contributed by atoms with Gasteiger partial charge in [0, 0.05) is 34.4 Å². The number of carboxylic acids is 1. The fourth-order valence-corrected chi connectivity index (χ4v) is 4.75. The number of aliphatic carboxylic acids is 1. The normalized spacial score (nSPS) is 12.1. The molecule has 5 aromatic rings. The number of benzene rings is 3. The molecule has 0 fully saturated rings. The van der Waals surface area contributed by atoms with Crippen LogP contribution in [0.15, 0.2) is 86.4 Å². The molecule has 186 valence electrons. The van der Waals surface area contributed by atoms with Crippen LogP contribution in [0.1, 0.15) is 34.9 Å². The summed E-state index contributed by atoms with van der Waals surface area (Å²) in [4.78, 5) is 37.0. The Morgan fingerprint density at radius 1 is 0.892 bits per heavy atom. The summed E-state index contributed by atoms with van der Waals surface area (Å²) >= 11 is 0. The molecule has 2 aromatic heterocycles. The van der Waals surface area contributed by atoms with Gasteiger partial charge < -0.3 is 24.1 Å². The summed E-state index contributed by atoms with van der Waals surface area (Å²) in [5.74, 6) is -1.16. The second kappa shape index (κ2) is 9.78. The lowest BCUT2D eigenvalue weighted by atomic mass is 9.98. The molecule has 0 aliphatic rings. The first-order valence-electron chi connectivity index (χ1n) is 11.9. The van der Waals surface area contributed by atoms with Crippen LogP contribution in [-0.4, -0.2) is 11.9 Å². The minimum absolute atomic E-state index is 0.0873. The Hall–Kier alpha value is -4.65. The standard InChI is InChI=1S/C30H25NO6/c1-17-21(13-14-26(32)31-28(29(33)34)20-11-7-4-8-12-20)30(35)37-24-16-25-23(15-22(17)24)27(18(2)36-25)19-9-5-3-6-10-19/h3-12,15-16,28H,13-14H2,1-2H3,(H,31,32)(H,33,34)/p-1/t28-/m0/s1. The van der Waals surface area contributed by atoms with Gasteiger partial charge in [-0.3, -0.25) is 4.79 Å². The number of carbonyl (C=O) groups is 2. The Balaban J connectivity index is 1.46. The van der Waals surface area contributed by atoms with Crippen molar-refractivity contribution in [3.63, 3.8) is 0 Å². The molecular formula is C30H24NO6-. The van der Waals surface area contributed by atoms with E-state index in [4.69, 9.17) is 8.83 Å². The van der Waals surface area contributed by atoms with Crippen LogP contribution in [0.2, 0.25) is 0 Å². The molecule has 5 rings (SSSR count). The topological polar surface area (TPSA) is 113 Å². The molecule has 0 saturated carbocycles. The quantitative estimate of drug-likeness (QED) is 0.336. The maximum absolute atomic E-state index is 12.8. The van der Waals surface area contributed by atoms with Crippen molar-refractivity contribution in [2.45, 2.75) is 32.7 Å². The average Bonchev–Trinajstić information content (AvgIpc) is 3.21. The van der Waals surface area contributed by atoms with Crippen molar-refractivity contribution in [3.8, 4) is 11.1 Å². The van der Waals surface area contributed by atoms with Crippen molar-refractivity contribution in [3.05, 3.63) is 106 Å². The van der Waals surface area contributed by atoms with Crippen LogP contribution in [0.4, 0.5) is 0 Å². The van der Waals surface area contributed by atoms with Gasteiger partial charge in [-0.15, -0.1) is 0 Å². The average molecular weight is 495 g/mol. The highest BCUT2D eigenvalue weighted by Gasteiger charge is 2.20. The van der Waals surface area contributed by atoms with Crippen LogP contribution in [0.5, 0.6) is 0 Å². The highest BCUT2D eigenvalue weighted by atomic mass is 16.4. The molecule has 0 spiro atoms. The van der Waals surface area contributed by atoms with Crippen molar-refractivity contribution < 1.29 is 23.5 Å². The molecule has 1 atom stereocenters. The molecule has 0 radical (unpaired) electrons. The Labute approximate surface area is 212 Å². The third-order valence-electron chi connectivity index (χ3n) is 6.61. The molecule has 7 heteroatoms. The lowest BCUT2D eigenvalue weighted by Gasteiger charge is -2.20. The van der Waals surface area contributed by atoms with Gasteiger partial charge in [-0.05, 0) is 43.0 Å². The Morgan fingerprint density at radius 3 is 2.22 bits per heavy atom. The molecule has 2 heterocycles. The van der Waals surface area contributed by atoms with Crippen LogP contribution in [0.3, 0.4) is 0 Å². The molecule has 0 saturated heterocycles. The van der Waals surface area contributed by atoms with E-state index in [1.54, 1.807) is 36.4 Å². The van der Waals surface area contributed by atoms with Gasteiger partial charge in [-0.1, -0.05) is 60.7 Å². The largest absolute Gasteiger partial charge is 0.548 e. The maximum atomic E-state index is 12.8. The first kappa shape index (κ1) is 24.1. The number of hydrogen-bond acceptors (Lipinski definition) is 6. The molecule has 37 heavy (non-hydrogen) atoms. The van der Waals surface area contributed by atoms with Gasteiger partial charge in [-0.25, -0.2) is 4.79 Å². The number of nitrogens with one attached hydrogen (secondary N) is 1. The van der Waals surface area contributed by atoms with Crippen LogP contribution in [0, 0.1) is 13.8 Å². The van der Waals surface area contributed by atoms with E-state index in [-0.39, 0.29) is 12.8 Å². The van der Waals surface area contributed by atoms with E-state index in [0.29, 0.717) is 27.9 Å². The summed E-state index contributed by atoms with van der Waals surface area (Å²) in [5.41, 5.74) is 3.95. The van der Waals surface area contributed by atoms with Crippen molar-refractivity contribution in [2.75, 3.05) is 0 Å². The SMILES string of the molecule is Cc1oc2cc3oc(=O)c(CCC(=O)N[C@H](C(=O)[O-])c4ccccc4)c(C)c3cc2c1-c1ccccc1. The predicted molar refractivity (Wildman–Crippen MR) is 138 cm³/mol. The van der Waals surface area contributed by atoms with E-state index >= 15 is 0 Å². The van der Waals surface area contributed by atoms with Crippen molar-refractivity contribution >= 4 is 33.8 Å². The second-order valence-electron chi connectivity index (χ2n) is 8.97. The zero-order valence-corrected chi connectivity index (χ0v) is 20.4. The zero-order valence-electron chi connectivity index (χ0n) is 20.4. The maximum Gasteiger partial charge on any atom is 0.339 e. The summed E-state index contributed by atoms with van der Waals surface area (Å²) in [6.45, 7) is 3.72. The van der Waals surface area contributed by atoms with E-state index in [9.17, 15) is 19.5 Å². The number of amides is 1. The van der Waals surface area contributed by atoms with Gasteiger partial charge >= 0.3 is 5.63 Å². The van der Waals surface area contributed by atoms with Gasteiger partial charge in [0.2, 0.25) is 5.91 Å². The monoisotopic (exact) mass is 494 g/mol. The summed E-state index contributed by atoms with van der Waals surface area (Å²) in [6.07, 6.45) is 0.00847. The van der Waals surface area contributed by atoms with E-state index in [0.717, 1.165) is 27.7 Å².